The first kappa shape index (κ1) is 14.8. The van der Waals surface area contributed by atoms with Gasteiger partial charge in [-0.25, -0.2) is 8.42 Å². The molecule has 0 aliphatic carbocycles. The monoisotopic (exact) mass is 321 g/mol. The molecule has 3 nitrogen and oxygen atoms in total. The van der Waals surface area contributed by atoms with Crippen molar-refractivity contribution in [2.24, 2.45) is 0 Å². The average Bonchev–Trinajstić information content (AvgIpc) is 3.01. The molecule has 1 aromatic heterocycles. The topological polar surface area (TPSA) is 46.2 Å². The van der Waals surface area contributed by atoms with Gasteiger partial charge in [0.1, 0.15) is 9.84 Å². The summed E-state index contributed by atoms with van der Waals surface area (Å²) in [5, 5.41) is 5.74. The van der Waals surface area contributed by atoms with Gasteiger partial charge in [0.15, 0.2) is 0 Å². The van der Waals surface area contributed by atoms with Gasteiger partial charge in [-0.1, -0.05) is 36.4 Å². The molecule has 1 atom stereocenters. The fourth-order valence-electron chi connectivity index (χ4n) is 2.74. The lowest BCUT2D eigenvalue weighted by Gasteiger charge is -2.28. The van der Waals surface area contributed by atoms with Gasteiger partial charge in [-0.05, 0) is 29.9 Å². The van der Waals surface area contributed by atoms with Gasteiger partial charge in [-0.3, -0.25) is 0 Å². The van der Waals surface area contributed by atoms with E-state index in [2.05, 4.69) is 35.0 Å². The molecule has 1 aliphatic rings. The van der Waals surface area contributed by atoms with E-state index in [-0.39, 0.29) is 12.1 Å². The van der Waals surface area contributed by atoms with Gasteiger partial charge in [0.05, 0.1) is 17.5 Å². The number of sulfone groups is 1. The quantitative estimate of drug-likeness (QED) is 0.941. The molecule has 1 aliphatic heterocycles. The highest BCUT2D eigenvalue weighted by Gasteiger charge is 2.26. The maximum atomic E-state index is 11.6. The summed E-state index contributed by atoms with van der Waals surface area (Å²) in [6.45, 7) is 0. The number of benzene rings is 1. The zero-order valence-corrected chi connectivity index (χ0v) is 13.4. The van der Waals surface area contributed by atoms with Gasteiger partial charge in [-0.2, -0.15) is 0 Å². The Labute approximate surface area is 129 Å². The van der Waals surface area contributed by atoms with Crippen molar-refractivity contribution in [3.05, 3.63) is 58.3 Å². The number of thiophene rings is 1. The maximum Gasteiger partial charge on any atom is 0.150 e. The van der Waals surface area contributed by atoms with Gasteiger partial charge in [0.2, 0.25) is 0 Å². The molecule has 1 fully saturated rings. The summed E-state index contributed by atoms with van der Waals surface area (Å²) in [6.07, 6.45) is 1.41. The zero-order chi connectivity index (χ0) is 14.7. The zero-order valence-electron chi connectivity index (χ0n) is 11.7. The summed E-state index contributed by atoms with van der Waals surface area (Å²) >= 11 is 1.73. The van der Waals surface area contributed by atoms with E-state index in [1.807, 2.05) is 18.2 Å². The van der Waals surface area contributed by atoms with Gasteiger partial charge < -0.3 is 5.32 Å². The van der Waals surface area contributed by atoms with Crippen LogP contribution in [0.3, 0.4) is 0 Å². The highest BCUT2D eigenvalue weighted by molar-refractivity contribution is 7.91. The normalized spacial score (nSPS) is 20.2. The van der Waals surface area contributed by atoms with Crippen molar-refractivity contribution < 1.29 is 8.42 Å². The Morgan fingerprint density at radius 1 is 1.05 bits per heavy atom. The predicted molar refractivity (Wildman–Crippen MR) is 87.4 cm³/mol. The largest absolute Gasteiger partial charge is 0.303 e. The van der Waals surface area contributed by atoms with Crippen molar-refractivity contribution >= 4 is 21.2 Å². The highest BCUT2D eigenvalue weighted by Crippen LogP contribution is 2.28. The Morgan fingerprint density at radius 3 is 2.38 bits per heavy atom. The SMILES string of the molecule is O=S1(=O)CCC(NC(c2ccccc2)c2cccs2)CC1. The van der Waals surface area contributed by atoms with E-state index < -0.39 is 9.84 Å². The summed E-state index contributed by atoms with van der Waals surface area (Å²) in [6, 6.07) is 15.0. The van der Waals surface area contributed by atoms with Crippen LogP contribution >= 0.6 is 11.3 Å². The minimum absolute atomic E-state index is 0.150. The molecule has 21 heavy (non-hydrogen) atoms. The number of nitrogens with one attached hydrogen (secondary N) is 1. The molecule has 5 heteroatoms. The lowest BCUT2D eigenvalue weighted by Crippen LogP contribution is -2.39. The number of hydrogen-bond donors (Lipinski definition) is 1. The maximum absolute atomic E-state index is 11.6. The van der Waals surface area contributed by atoms with Crippen molar-refractivity contribution in [3.63, 3.8) is 0 Å². The second-order valence-corrected chi connectivity index (χ2v) is 8.73. The third-order valence-corrected chi connectivity index (χ3v) is 6.57. The van der Waals surface area contributed by atoms with Crippen molar-refractivity contribution in [2.45, 2.75) is 24.9 Å². The van der Waals surface area contributed by atoms with Crippen LogP contribution in [0.2, 0.25) is 0 Å². The van der Waals surface area contributed by atoms with Crippen molar-refractivity contribution in [1.82, 2.24) is 5.32 Å². The van der Waals surface area contributed by atoms with Crippen molar-refractivity contribution in [1.29, 1.82) is 0 Å². The Hall–Kier alpha value is -1.17. The van der Waals surface area contributed by atoms with Crippen molar-refractivity contribution in [2.75, 3.05) is 11.5 Å². The molecule has 2 aromatic rings. The lowest BCUT2D eigenvalue weighted by atomic mass is 10.0. The standard InChI is InChI=1S/C16H19NO2S2/c18-21(19)11-8-14(9-12-21)17-16(15-7-4-10-20-15)13-5-2-1-3-6-13/h1-7,10,14,16-17H,8-9,11-12H2. The number of rotatable bonds is 4. The summed E-state index contributed by atoms with van der Waals surface area (Å²) in [4.78, 5) is 1.27. The molecule has 112 valence electrons. The molecule has 0 bridgehead atoms. The summed E-state index contributed by atoms with van der Waals surface area (Å²) in [5.41, 5.74) is 1.23. The Morgan fingerprint density at radius 2 is 1.76 bits per heavy atom. The molecule has 1 N–H and O–H groups in total. The molecule has 1 unspecified atom stereocenters. The van der Waals surface area contributed by atoms with Gasteiger partial charge in [0.25, 0.3) is 0 Å². The molecule has 1 saturated heterocycles. The van der Waals surface area contributed by atoms with Gasteiger partial charge in [0, 0.05) is 10.9 Å². The molecule has 0 radical (unpaired) electrons. The van der Waals surface area contributed by atoms with Crippen LogP contribution in [0, 0.1) is 0 Å². The van der Waals surface area contributed by atoms with Crippen LogP contribution in [-0.4, -0.2) is 26.0 Å². The van der Waals surface area contributed by atoms with Gasteiger partial charge >= 0.3 is 0 Å². The van der Waals surface area contributed by atoms with E-state index >= 15 is 0 Å². The van der Waals surface area contributed by atoms with E-state index in [1.54, 1.807) is 11.3 Å². The third-order valence-electron chi connectivity index (χ3n) is 3.92. The van der Waals surface area contributed by atoms with Crippen molar-refractivity contribution in [3.8, 4) is 0 Å². The molecule has 2 heterocycles. The molecule has 0 saturated carbocycles. The fourth-order valence-corrected chi connectivity index (χ4v) is 5.04. The molecule has 0 amide bonds. The summed E-state index contributed by atoms with van der Waals surface area (Å²) < 4.78 is 23.1. The van der Waals surface area contributed by atoms with E-state index in [0.717, 1.165) is 0 Å². The van der Waals surface area contributed by atoms with Crippen LogP contribution in [0.4, 0.5) is 0 Å². The van der Waals surface area contributed by atoms with E-state index in [4.69, 9.17) is 0 Å². The average molecular weight is 321 g/mol. The number of hydrogen-bond acceptors (Lipinski definition) is 4. The molecule has 0 spiro atoms. The lowest BCUT2D eigenvalue weighted by molar-refractivity contribution is 0.435. The van der Waals surface area contributed by atoms with E-state index in [0.29, 0.717) is 24.3 Å². The second-order valence-electron chi connectivity index (χ2n) is 5.45. The van der Waals surface area contributed by atoms with Crippen LogP contribution in [0.1, 0.15) is 29.3 Å². The first-order chi connectivity index (χ1) is 10.1. The van der Waals surface area contributed by atoms with Crippen LogP contribution in [0.25, 0.3) is 0 Å². The smallest absolute Gasteiger partial charge is 0.150 e. The minimum atomic E-state index is -2.81. The summed E-state index contributed by atoms with van der Waals surface area (Å²) in [7, 11) is -2.81. The summed E-state index contributed by atoms with van der Waals surface area (Å²) in [5.74, 6) is 0.604. The molecule has 1 aromatic carbocycles. The first-order valence-corrected chi connectivity index (χ1v) is 9.89. The minimum Gasteiger partial charge on any atom is -0.303 e. The molecular formula is C16H19NO2S2. The van der Waals surface area contributed by atoms with Crippen LogP contribution in [-0.2, 0) is 9.84 Å². The predicted octanol–water partition coefficient (Wildman–Crippen LogP) is 3.00. The fraction of sp³-hybridized carbons (Fsp3) is 0.375. The van der Waals surface area contributed by atoms with Crippen LogP contribution in [0.5, 0.6) is 0 Å². The Bertz CT molecular complexity index is 652. The second kappa shape index (κ2) is 6.30. The van der Waals surface area contributed by atoms with E-state index in [1.165, 1.54) is 10.4 Å². The van der Waals surface area contributed by atoms with Crippen LogP contribution in [0.15, 0.2) is 47.8 Å². The Kier molecular flexibility index (Phi) is 4.42. The van der Waals surface area contributed by atoms with Crippen LogP contribution < -0.4 is 5.32 Å². The first-order valence-electron chi connectivity index (χ1n) is 7.19. The van der Waals surface area contributed by atoms with E-state index in [9.17, 15) is 8.42 Å². The molecule has 3 rings (SSSR count). The molecular weight excluding hydrogens is 302 g/mol. The van der Waals surface area contributed by atoms with Gasteiger partial charge in [-0.15, -0.1) is 11.3 Å². The Balaban J connectivity index is 1.78. The highest BCUT2D eigenvalue weighted by atomic mass is 32.2. The third kappa shape index (κ3) is 3.73.